The average Bonchev–Trinajstić information content (AvgIpc) is 2.76. The Labute approximate surface area is 94.3 Å². The molecule has 1 N–H and O–H groups in total. The van der Waals surface area contributed by atoms with E-state index in [1.54, 1.807) is 12.3 Å². The first-order valence-electron chi connectivity index (χ1n) is 5.53. The van der Waals surface area contributed by atoms with Gasteiger partial charge in [-0.25, -0.2) is 4.98 Å². The number of fused-ring (bicyclic) bond motifs is 1. The molecule has 0 aliphatic heterocycles. The molecule has 84 valence electrons. The number of rotatable bonds is 4. The number of unbranched alkanes of at least 4 members (excludes halogenated alkanes) is 1. The highest BCUT2D eigenvalue weighted by Gasteiger charge is 2.09. The maximum absolute atomic E-state index is 11.9. The van der Waals surface area contributed by atoms with Gasteiger partial charge in [0, 0.05) is 25.1 Å². The standard InChI is InChI=1S/C12H15N3O/c1-2-3-6-14-12(16)10-5-4-8-15-9-7-13-11(10)15/h4-5,7-9H,2-3,6H2,1H3,(H,14,16). The van der Waals surface area contributed by atoms with Gasteiger partial charge in [-0.3, -0.25) is 4.79 Å². The van der Waals surface area contributed by atoms with Gasteiger partial charge in [0.25, 0.3) is 5.91 Å². The highest BCUT2D eigenvalue weighted by Crippen LogP contribution is 2.08. The van der Waals surface area contributed by atoms with Gasteiger partial charge in [0.1, 0.15) is 5.65 Å². The summed E-state index contributed by atoms with van der Waals surface area (Å²) in [7, 11) is 0. The molecule has 2 rings (SSSR count). The van der Waals surface area contributed by atoms with Crippen LogP contribution in [0.4, 0.5) is 0 Å². The molecule has 0 bridgehead atoms. The van der Waals surface area contributed by atoms with Crippen LogP contribution in [0.25, 0.3) is 5.65 Å². The molecule has 0 unspecified atom stereocenters. The Morgan fingerprint density at radius 1 is 1.50 bits per heavy atom. The molecule has 0 atom stereocenters. The van der Waals surface area contributed by atoms with E-state index in [0.717, 1.165) is 19.4 Å². The van der Waals surface area contributed by atoms with E-state index >= 15 is 0 Å². The maximum Gasteiger partial charge on any atom is 0.255 e. The second-order valence-corrected chi connectivity index (χ2v) is 3.69. The number of carbonyl (C=O) groups is 1. The third-order valence-corrected chi connectivity index (χ3v) is 2.48. The summed E-state index contributed by atoms with van der Waals surface area (Å²) in [5.41, 5.74) is 1.33. The Bertz CT molecular complexity index is 490. The van der Waals surface area contributed by atoms with E-state index in [2.05, 4.69) is 17.2 Å². The van der Waals surface area contributed by atoms with Crippen LogP contribution < -0.4 is 5.32 Å². The molecule has 0 radical (unpaired) electrons. The smallest absolute Gasteiger partial charge is 0.255 e. The average molecular weight is 217 g/mol. The fourth-order valence-corrected chi connectivity index (χ4v) is 1.60. The fraction of sp³-hybridized carbons (Fsp3) is 0.333. The van der Waals surface area contributed by atoms with Crippen molar-refractivity contribution in [3.8, 4) is 0 Å². The summed E-state index contributed by atoms with van der Waals surface area (Å²) >= 11 is 0. The van der Waals surface area contributed by atoms with Crippen molar-refractivity contribution in [2.75, 3.05) is 6.54 Å². The van der Waals surface area contributed by atoms with Crippen molar-refractivity contribution in [2.24, 2.45) is 0 Å². The second-order valence-electron chi connectivity index (χ2n) is 3.69. The molecule has 0 aliphatic rings. The van der Waals surface area contributed by atoms with Crippen LogP contribution in [-0.4, -0.2) is 21.8 Å². The molecule has 0 saturated carbocycles. The van der Waals surface area contributed by atoms with Crippen LogP contribution in [0.5, 0.6) is 0 Å². The first kappa shape index (κ1) is 10.7. The largest absolute Gasteiger partial charge is 0.352 e. The molecule has 0 fully saturated rings. The van der Waals surface area contributed by atoms with Gasteiger partial charge in [0.2, 0.25) is 0 Å². The number of hydrogen-bond acceptors (Lipinski definition) is 2. The molecule has 0 saturated heterocycles. The number of nitrogens with zero attached hydrogens (tertiary/aromatic N) is 2. The minimum Gasteiger partial charge on any atom is -0.352 e. The van der Waals surface area contributed by atoms with Gasteiger partial charge in [-0.2, -0.15) is 0 Å². The Balaban J connectivity index is 2.19. The van der Waals surface area contributed by atoms with E-state index in [1.165, 1.54) is 0 Å². The van der Waals surface area contributed by atoms with Gasteiger partial charge in [-0.15, -0.1) is 0 Å². The van der Waals surface area contributed by atoms with Crippen LogP contribution >= 0.6 is 0 Å². The lowest BCUT2D eigenvalue weighted by Crippen LogP contribution is -2.24. The highest BCUT2D eigenvalue weighted by atomic mass is 16.1. The highest BCUT2D eigenvalue weighted by molar-refractivity contribution is 5.99. The summed E-state index contributed by atoms with van der Waals surface area (Å²) in [5.74, 6) is -0.0507. The summed E-state index contributed by atoms with van der Waals surface area (Å²) in [6, 6.07) is 3.65. The monoisotopic (exact) mass is 217 g/mol. The third kappa shape index (κ3) is 2.05. The number of carbonyl (C=O) groups excluding carboxylic acids is 1. The van der Waals surface area contributed by atoms with Crippen LogP contribution in [0, 0.1) is 0 Å². The number of hydrogen-bond donors (Lipinski definition) is 1. The summed E-state index contributed by atoms with van der Waals surface area (Å²) in [6.45, 7) is 2.82. The summed E-state index contributed by atoms with van der Waals surface area (Å²) < 4.78 is 1.84. The van der Waals surface area contributed by atoms with Gasteiger partial charge < -0.3 is 9.72 Å². The van der Waals surface area contributed by atoms with E-state index in [0.29, 0.717) is 11.2 Å². The molecule has 4 heteroatoms. The minimum absolute atomic E-state index is 0.0507. The number of aromatic nitrogens is 2. The first-order valence-corrected chi connectivity index (χ1v) is 5.53. The van der Waals surface area contributed by atoms with Crippen molar-refractivity contribution in [2.45, 2.75) is 19.8 Å². The molecule has 0 aliphatic carbocycles. The van der Waals surface area contributed by atoms with E-state index in [1.807, 2.05) is 22.9 Å². The van der Waals surface area contributed by atoms with E-state index < -0.39 is 0 Å². The van der Waals surface area contributed by atoms with Gasteiger partial charge in [0.05, 0.1) is 5.56 Å². The molecular weight excluding hydrogens is 202 g/mol. The van der Waals surface area contributed by atoms with Crippen molar-refractivity contribution >= 4 is 11.6 Å². The number of nitrogens with one attached hydrogen (secondary N) is 1. The fourth-order valence-electron chi connectivity index (χ4n) is 1.60. The molecule has 2 aromatic heterocycles. The van der Waals surface area contributed by atoms with Crippen LogP contribution in [0.15, 0.2) is 30.7 Å². The molecule has 1 amide bonds. The molecule has 16 heavy (non-hydrogen) atoms. The predicted molar refractivity (Wildman–Crippen MR) is 62.4 cm³/mol. The lowest BCUT2D eigenvalue weighted by atomic mass is 10.2. The number of imidazole rings is 1. The Kier molecular flexibility index (Phi) is 3.19. The van der Waals surface area contributed by atoms with Crippen molar-refractivity contribution in [1.29, 1.82) is 0 Å². The summed E-state index contributed by atoms with van der Waals surface area (Å²) in [4.78, 5) is 16.0. The zero-order chi connectivity index (χ0) is 11.4. The molecule has 4 nitrogen and oxygen atoms in total. The Morgan fingerprint density at radius 2 is 2.38 bits per heavy atom. The third-order valence-electron chi connectivity index (χ3n) is 2.48. The van der Waals surface area contributed by atoms with Crippen LogP contribution in [-0.2, 0) is 0 Å². The zero-order valence-electron chi connectivity index (χ0n) is 9.31. The first-order chi connectivity index (χ1) is 7.83. The lowest BCUT2D eigenvalue weighted by Gasteiger charge is -2.05. The SMILES string of the molecule is CCCCNC(=O)c1cccn2ccnc12. The molecule has 0 spiro atoms. The lowest BCUT2D eigenvalue weighted by molar-refractivity contribution is 0.0954. The van der Waals surface area contributed by atoms with Crippen molar-refractivity contribution < 1.29 is 4.79 Å². The molecule has 0 aromatic carbocycles. The van der Waals surface area contributed by atoms with Crippen molar-refractivity contribution in [3.63, 3.8) is 0 Å². The molecule has 2 heterocycles. The zero-order valence-corrected chi connectivity index (χ0v) is 9.31. The van der Waals surface area contributed by atoms with Crippen LogP contribution in [0.1, 0.15) is 30.1 Å². The van der Waals surface area contributed by atoms with E-state index in [4.69, 9.17) is 0 Å². The molecular formula is C12H15N3O. The maximum atomic E-state index is 11.9. The topological polar surface area (TPSA) is 46.4 Å². The van der Waals surface area contributed by atoms with Crippen LogP contribution in [0.3, 0.4) is 0 Å². The van der Waals surface area contributed by atoms with Gasteiger partial charge in [-0.1, -0.05) is 13.3 Å². The summed E-state index contributed by atoms with van der Waals surface area (Å²) in [6.07, 6.45) is 7.48. The Morgan fingerprint density at radius 3 is 3.19 bits per heavy atom. The van der Waals surface area contributed by atoms with Crippen molar-refractivity contribution in [1.82, 2.24) is 14.7 Å². The number of amides is 1. The number of pyridine rings is 1. The summed E-state index contributed by atoms with van der Waals surface area (Å²) in [5, 5.41) is 2.89. The van der Waals surface area contributed by atoms with Gasteiger partial charge >= 0.3 is 0 Å². The predicted octanol–water partition coefficient (Wildman–Crippen LogP) is 1.86. The van der Waals surface area contributed by atoms with Crippen molar-refractivity contribution in [3.05, 3.63) is 36.3 Å². The van der Waals surface area contributed by atoms with E-state index in [9.17, 15) is 4.79 Å². The van der Waals surface area contributed by atoms with E-state index in [-0.39, 0.29) is 5.91 Å². The second kappa shape index (κ2) is 4.79. The normalized spacial score (nSPS) is 10.6. The molecule has 2 aromatic rings. The van der Waals surface area contributed by atoms with Gasteiger partial charge in [0.15, 0.2) is 0 Å². The Hall–Kier alpha value is -1.84. The van der Waals surface area contributed by atoms with Gasteiger partial charge in [-0.05, 0) is 18.6 Å². The van der Waals surface area contributed by atoms with Crippen LogP contribution in [0.2, 0.25) is 0 Å². The quantitative estimate of drug-likeness (QED) is 0.795. The minimum atomic E-state index is -0.0507.